The summed E-state index contributed by atoms with van der Waals surface area (Å²) < 4.78 is 0. The van der Waals surface area contributed by atoms with Crippen molar-refractivity contribution in [3.05, 3.63) is 72.4 Å². The van der Waals surface area contributed by atoms with Crippen molar-refractivity contribution in [2.45, 2.75) is 436 Å². The van der Waals surface area contributed by atoms with Crippen LogP contribution in [0.3, 0.4) is 0 Å². The van der Waals surface area contributed by atoms with Crippen LogP contribution in [0.2, 0.25) is 0 Å². The first kappa shape index (κ1) is 85.4. The average molecular weight is 1350 g/mol. The standard InChI is InChI=1S/C11H18.2C9H16.C9H14.C9H18.C9H16.C9H18.C9H16.3C8H14/c1-11-5-8-2-9(6-11)4-10(3-8)7-11;1-7-6-8-2-4-9(7)5-3-8;2*1-2-8-4-6-9(3-1)7-5-8;2*1-8(2)7-9-5-3-4-6-9;2*1-2-3-6-9-7-4-5-8-9;3*1-8-6-4-2-3-5-7-8/h8-10H,2-7H2,1H3;7-9H,2-6H2,1H3;8-9H,1-7H2;1-2,8-9H,3-7H2;8-9H,3-7H2,1-2H3;3,5,8-9H,4,6-7H2,1-2H3;9H,2-8H2,1H3;3,6,9H,2,4-5,7-8H2,1H3;6H,2-5,7H2,1H3;4,6,8H,2-3,5,7H2,1H3;2,4,8H,3,5-7H2,1H3/b;;;;;;;6-3-;;;. The van der Waals surface area contributed by atoms with E-state index in [0.29, 0.717) is 0 Å². The Labute approximate surface area is 616 Å². The van der Waals surface area contributed by atoms with Gasteiger partial charge in [-0.05, 0) is 318 Å². The third-order valence-electron chi connectivity index (χ3n) is 27.6. The smallest absolute Gasteiger partial charge is 0.0228 e. The Morgan fingerprint density at radius 1 is 0.439 bits per heavy atom. The third-order valence-corrected chi connectivity index (χ3v) is 27.6. The molecule has 14 saturated carbocycles. The maximum absolute atomic E-state index is 2.54. The highest BCUT2D eigenvalue weighted by Gasteiger charge is 2.48. The van der Waals surface area contributed by atoms with Gasteiger partial charge in [-0.3, -0.25) is 0 Å². The third kappa shape index (κ3) is 38.5. The van der Waals surface area contributed by atoms with Crippen LogP contribution in [0.1, 0.15) is 436 Å². The molecule has 10 bridgehead atoms. The van der Waals surface area contributed by atoms with Crippen LogP contribution >= 0.6 is 0 Å². The second kappa shape index (κ2) is 51.6. The molecule has 0 N–H and O–H groups in total. The second-order valence-electron chi connectivity index (χ2n) is 38.4. The summed E-state index contributed by atoms with van der Waals surface area (Å²) in [6.45, 7) is 25.6. The predicted molar refractivity (Wildman–Crippen MR) is 440 cm³/mol. The van der Waals surface area contributed by atoms with Crippen LogP contribution in [0, 0.1) is 112 Å². The molecule has 20 rings (SSSR count). The number of hydrogen-bond donors (Lipinski definition) is 0. The van der Waals surface area contributed by atoms with Crippen LogP contribution in [-0.2, 0) is 0 Å². The van der Waals surface area contributed by atoms with Gasteiger partial charge in [-0.25, -0.2) is 0 Å². The van der Waals surface area contributed by atoms with E-state index in [1.54, 1.807) is 115 Å². The van der Waals surface area contributed by atoms with Gasteiger partial charge in [0, 0.05) is 0 Å². The summed E-state index contributed by atoms with van der Waals surface area (Å²) in [7, 11) is 0. The number of allylic oxidation sites excluding steroid dienone is 12. The van der Waals surface area contributed by atoms with Gasteiger partial charge < -0.3 is 0 Å². The highest BCUT2D eigenvalue weighted by Crippen LogP contribution is 2.59. The minimum absolute atomic E-state index is 0.800. The molecule has 0 radical (unpaired) electrons. The Bertz CT molecular complexity index is 2020. The lowest BCUT2D eigenvalue weighted by Gasteiger charge is -2.55. The lowest BCUT2D eigenvalue weighted by Crippen LogP contribution is -2.44. The molecule has 0 aliphatic heterocycles. The molecule has 0 nitrogen and oxygen atoms in total. The van der Waals surface area contributed by atoms with Crippen molar-refractivity contribution in [1.29, 1.82) is 0 Å². The summed E-state index contributed by atoms with van der Waals surface area (Å²) in [5, 5.41) is 0. The molecule has 20 aliphatic carbocycles. The summed E-state index contributed by atoms with van der Waals surface area (Å²) in [6.07, 6.45) is 108. The zero-order chi connectivity index (χ0) is 69.8. The molecule has 0 heteroatoms. The molecule has 566 valence electrons. The van der Waals surface area contributed by atoms with Crippen LogP contribution < -0.4 is 0 Å². The fourth-order valence-electron chi connectivity index (χ4n) is 22.0. The SMILES string of the molecule is C1=CC2CCC(C1)CC2.C1CC2CCC(C1)CC2.CC(C)CC1C=CCC1.CC(C)CC1CCCC1.CC/C=C\C1CCCC1.CC12CC3CC(CC(C3)C1)C2.CC1=CCCCCC1.CC1C=CCCCC1.CC1CC2CCC1CC2.CC1CC=CCCC1.CCCCC1CCCC1. The minimum Gasteiger partial charge on any atom is -0.0885 e. The first-order valence-electron chi connectivity index (χ1n) is 45.6. The van der Waals surface area contributed by atoms with Gasteiger partial charge in [0.1, 0.15) is 0 Å². The van der Waals surface area contributed by atoms with Gasteiger partial charge in [-0.2, -0.15) is 0 Å². The van der Waals surface area contributed by atoms with E-state index in [1.165, 1.54) is 250 Å². The topological polar surface area (TPSA) is 0 Å². The predicted octanol–water partition coefficient (Wildman–Crippen LogP) is 32.9. The second-order valence-corrected chi connectivity index (χ2v) is 38.4. The van der Waals surface area contributed by atoms with Gasteiger partial charge in [0.15, 0.2) is 0 Å². The Morgan fingerprint density at radius 2 is 1.01 bits per heavy atom. The maximum atomic E-state index is 2.54. The van der Waals surface area contributed by atoms with Crippen molar-refractivity contribution in [3.63, 3.8) is 0 Å². The molecule has 0 aromatic carbocycles. The molecule has 4 atom stereocenters. The largest absolute Gasteiger partial charge is 0.0885 e. The fraction of sp³-hybridized carbons (Fsp3) is 0.878. The number of hydrogen-bond acceptors (Lipinski definition) is 0. The van der Waals surface area contributed by atoms with Gasteiger partial charge in [-0.15, -0.1) is 0 Å². The van der Waals surface area contributed by atoms with Crippen molar-refractivity contribution in [1.82, 2.24) is 0 Å². The van der Waals surface area contributed by atoms with E-state index in [9.17, 15) is 0 Å². The summed E-state index contributed by atoms with van der Waals surface area (Å²) in [5.41, 5.74) is 2.40. The minimum atomic E-state index is 0.800. The molecular weight excluding hydrogens is 1180 g/mol. The monoisotopic (exact) mass is 1350 g/mol. The summed E-state index contributed by atoms with van der Waals surface area (Å²) in [4.78, 5) is 0. The number of rotatable bonds is 9. The molecular formula is C98H174. The number of unbranched alkanes of at least 4 members (excludes halogenated alkanes) is 1. The van der Waals surface area contributed by atoms with E-state index in [4.69, 9.17) is 0 Å². The molecule has 0 amide bonds. The fourth-order valence-corrected chi connectivity index (χ4v) is 22.0. The Hall–Kier alpha value is -1.56. The first-order chi connectivity index (χ1) is 47.6. The van der Waals surface area contributed by atoms with E-state index in [1.807, 2.05) is 0 Å². The molecule has 0 spiro atoms. The molecule has 20 aliphatic rings. The molecule has 0 saturated heterocycles. The Morgan fingerprint density at radius 3 is 1.56 bits per heavy atom. The molecule has 4 unspecified atom stereocenters. The van der Waals surface area contributed by atoms with Gasteiger partial charge in [0.05, 0.1) is 0 Å². The van der Waals surface area contributed by atoms with Crippen LogP contribution in [0.15, 0.2) is 72.4 Å². The average Bonchev–Trinajstić information content (AvgIpc) is 0.997. The highest BCUT2D eigenvalue weighted by atomic mass is 14.5. The van der Waals surface area contributed by atoms with Crippen LogP contribution in [0.5, 0.6) is 0 Å². The summed E-state index contributed by atoms with van der Waals surface area (Å²) in [5.74, 6) is 18.7. The summed E-state index contributed by atoms with van der Waals surface area (Å²) >= 11 is 0. The molecule has 98 heavy (non-hydrogen) atoms. The molecule has 0 aromatic heterocycles. The van der Waals surface area contributed by atoms with Crippen LogP contribution in [0.4, 0.5) is 0 Å². The van der Waals surface area contributed by atoms with Crippen molar-refractivity contribution >= 4 is 0 Å². The maximum Gasteiger partial charge on any atom is -0.0228 e. The van der Waals surface area contributed by atoms with E-state index in [2.05, 4.69) is 143 Å². The summed E-state index contributed by atoms with van der Waals surface area (Å²) in [6, 6.07) is 0. The zero-order valence-corrected chi connectivity index (χ0v) is 68.3. The van der Waals surface area contributed by atoms with Crippen molar-refractivity contribution in [2.24, 2.45) is 112 Å². The van der Waals surface area contributed by atoms with Crippen molar-refractivity contribution in [2.75, 3.05) is 0 Å². The van der Waals surface area contributed by atoms with E-state index < -0.39 is 0 Å². The normalized spacial score (nSPS) is 34.0. The van der Waals surface area contributed by atoms with Crippen molar-refractivity contribution in [3.8, 4) is 0 Å². The van der Waals surface area contributed by atoms with Crippen LogP contribution in [0.25, 0.3) is 0 Å². The molecule has 14 fully saturated rings. The van der Waals surface area contributed by atoms with Gasteiger partial charge in [0.25, 0.3) is 0 Å². The zero-order valence-electron chi connectivity index (χ0n) is 68.3. The quantitative estimate of drug-likeness (QED) is 0.202. The van der Waals surface area contributed by atoms with E-state index in [-0.39, 0.29) is 0 Å². The Kier molecular flexibility index (Phi) is 44.9. The van der Waals surface area contributed by atoms with Crippen molar-refractivity contribution < 1.29 is 0 Å². The molecule has 0 heterocycles. The van der Waals surface area contributed by atoms with Gasteiger partial charge in [-0.1, -0.05) is 302 Å². The first-order valence-corrected chi connectivity index (χ1v) is 45.6. The van der Waals surface area contributed by atoms with E-state index in [0.717, 1.165) is 112 Å². The lowest BCUT2D eigenvalue weighted by molar-refractivity contribution is -0.0411. The van der Waals surface area contributed by atoms with Gasteiger partial charge in [0.2, 0.25) is 0 Å². The van der Waals surface area contributed by atoms with Gasteiger partial charge >= 0.3 is 0 Å². The lowest BCUT2D eigenvalue weighted by atomic mass is 9.50. The van der Waals surface area contributed by atoms with E-state index >= 15 is 0 Å². The highest BCUT2D eigenvalue weighted by molar-refractivity contribution is 5.01. The Balaban J connectivity index is 0.000000170. The van der Waals surface area contributed by atoms with Crippen LogP contribution in [-0.4, -0.2) is 0 Å². The molecule has 0 aromatic rings. The number of fused-ring (bicyclic) bond motifs is 10.